The lowest BCUT2D eigenvalue weighted by Crippen LogP contribution is -2.16. The molecule has 1 unspecified atom stereocenters. The molecule has 1 heterocycles. The molecule has 1 rings (SSSR count). The molecule has 0 aliphatic carbocycles. The second-order valence-electron chi connectivity index (χ2n) is 4.16. The van der Waals surface area contributed by atoms with Gasteiger partial charge in [-0.05, 0) is 12.3 Å². The Kier molecular flexibility index (Phi) is 6.32. The molecule has 5 nitrogen and oxygen atoms in total. The summed E-state index contributed by atoms with van der Waals surface area (Å²) in [6, 6.07) is 1.93. The summed E-state index contributed by atoms with van der Waals surface area (Å²) >= 11 is 0. The summed E-state index contributed by atoms with van der Waals surface area (Å²) in [6.45, 7) is 6.78. The molecule has 5 heteroatoms. The third-order valence-corrected chi connectivity index (χ3v) is 2.31. The van der Waals surface area contributed by atoms with Crippen molar-refractivity contribution in [2.75, 3.05) is 37.4 Å². The predicted molar refractivity (Wildman–Crippen MR) is 70.3 cm³/mol. The van der Waals surface area contributed by atoms with E-state index in [0.717, 1.165) is 37.8 Å². The summed E-state index contributed by atoms with van der Waals surface area (Å²) < 4.78 is 5.08. The Hall–Kier alpha value is -1.36. The van der Waals surface area contributed by atoms with Crippen LogP contribution in [0.2, 0.25) is 0 Å². The highest BCUT2D eigenvalue weighted by Gasteiger charge is 2.02. The first-order valence-electron chi connectivity index (χ1n) is 6.05. The topological polar surface area (TPSA) is 59.1 Å². The largest absolute Gasteiger partial charge is 0.384 e. The SMILES string of the molecule is CCCNc1cc(NCC(C)COC)ncn1. The van der Waals surface area contributed by atoms with Gasteiger partial charge < -0.3 is 15.4 Å². The van der Waals surface area contributed by atoms with Crippen molar-refractivity contribution in [1.82, 2.24) is 9.97 Å². The van der Waals surface area contributed by atoms with E-state index in [-0.39, 0.29) is 0 Å². The van der Waals surface area contributed by atoms with Gasteiger partial charge in [-0.1, -0.05) is 13.8 Å². The molecule has 0 saturated heterocycles. The number of methoxy groups -OCH3 is 1. The van der Waals surface area contributed by atoms with Crippen LogP contribution >= 0.6 is 0 Å². The first-order chi connectivity index (χ1) is 8.26. The third-order valence-electron chi connectivity index (χ3n) is 2.31. The summed E-state index contributed by atoms with van der Waals surface area (Å²) in [7, 11) is 1.72. The van der Waals surface area contributed by atoms with Gasteiger partial charge in [0.1, 0.15) is 18.0 Å². The van der Waals surface area contributed by atoms with Gasteiger partial charge in [-0.25, -0.2) is 9.97 Å². The minimum Gasteiger partial charge on any atom is -0.384 e. The lowest BCUT2D eigenvalue weighted by atomic mass is 10.2. The van der Waals surface area contributed by atoms with Crippen molar-refractivity contribution in [2.45, 2.75) is 20.3 Å². The van der Waals surface area contributed by atoms with Gasteiger partial charge in [0, 0.05) is 26.3 Å². The first-order valence-corrected chi connectivity index (χ1v) is 6.05. The normalized spacial score (nSPS) is 12.2. The van der Waals surface area contributed by atoms with Crippen LogP contribution in [-0.2, 0) is 4.74 Å². The number of hydrogen-bond acceptors (Lipinski definition) is 5. The third kappa shape index (κ3) is 5.49. The molecule has 96 valence electrons. The highest BCUT2D eigenvalue weighted by Crippen LogP contribution is 2.09. The van der Waals surface area contributed by atoms with Crippen molar-refractivity contribution in [3.8, 4) is 0 Å². The van der Waals surface area contributed by atoms with Crippen LogP contribution in [0.3, 0.4) is 0 Å². The van der Waals surface area contributed by atoms with E-state index in [0.29, 0.717) is 5.92 Å². The van der Waals surface area contributed by atoms with Crippen LogP contribution in [0, 0.1) is 5.92 Å². The number of anilines is 2. The van der Waals surface area contributed by atoms with E-state index in [2.05, 4.69) is 34.4 Å². The number of hydrogen-bond donors (Lipinski definition) is 2. The second kappa shape index (κ2) is 7.84. The molecule has 0 aromatic carbocycles. The van der Waals surface area contributed by atoms with Crippen LogP contribution in [0.1, 0.15) is 20.3 Å². The zero-order valence-electron chi connectivity index (χ0n) is 10.9. The molecular weight excluding hydrogens is 216 g/mol. The van der Waals surface area contributed by atoms with Crippen molar-refractivity contribution in [2.24, 2.45) is 5.92 Å². The summed E-state index contributed by atoms with van der Waals surface area (Å²) in [5.41, 5.74) is 0. The zero-order chi connectivity index (χ0) is 12.5. The molecule has 1 aromatic heterocycles. The molecule has 1 aromatic rings. The fourth-order valence-electron chi connectivity index (χ4n) is 1.43. The Morgan fingerprint density at radius 3 is 2.65 bits per heavy atom. The lowest BCUT2D eigenvalue weighted by molar-refractivity contribution is 0.164. The zero-order valence-corrected chi connectivity index (χ0v) is 10.9. The molecule has 17 heavy (non-hydrogen) atoms. The van der Waals surface area contributed by atoms with Crippen LogP contribution < -0.4 is 10.6 Å². The van der Waals surface area contributed by atoms with Gasteiger partial charge in [0.2, 0.25) is 0 Å². The van der Waals surface area contributed by atoms with Gasteiger partial charge in [-0.3, -0.25) is 0 Å². The molecule has 0 aliphatic heterocycles. The Balaban J connectivity index is 2.42. The smallest absolute Gasteiger partial charge is 0.131 e. The number of nitrogens with one attached hydrogen (secondary N) is 2. The molecule has 0 aliphatic rings. The van der Waals surface area contributed by atoms with Crippen molar-refractivity contribution in [1.29, 1.82) is 0 Å². The minimum absolute atomic E-state index is 0.460. The fourth-order valence-corrected chi connectivity index (χ4v) is 1.43. The molecule has 1 atom stereocenters. The van der Waals surface area contributed by atoms with Gasteiger partial charge in [-0.2, -0.15) is 0 Å². The van der Waals surface area contributed by atoms with Gasteiger partial charge in [0.25, 0.3) is 0 Å². The minimum atomic E-state index is 0.460. The van der Waals surface area contributed by atoms with E-state index in [1.165, 1.54) is 0 Å². The summed E-state index contributed by atoms with van der Waals surface area (Å²) in [5.74, 6) is 2.17. The molecule has 0 radical (unpaired) electrons. The molecule has 0 bridgehead atoms. The van der Waals surface area contributed by atoms with Crippen molar-refractivity contribution in [3.05, 3.63) is 12.4 Å². The van der Waals surface area contributed by atoms with Crippen LogP contribution in [-0.4, -0.2) is 36.8 Å². The standard InChI is InChI=1S/C12H22N4O/c1-4-5-13-11-6-12(16-9-15-11)14-7-10(2)8-17-3/h6,9-10H,4-5,7-8H2,1-3H3,(H2,13,14,15,16). The van der Waals surface area contributed by atoms with E-state index < -0.39 is 0 Å². The van der Waals surface area contributed by atoms with E-state index >= 15 is 0 Å². The van der Waals surface area contributed by atoms with E-state index in [1.54, 1.807) is 13.4 Å². The fraction of sp³-hybridized carbons (Fsp3) is 0.667. The monoisotopic (exact) mass is 238 g/mol. The van der Waals surface area contributed by atoms with Gasteiger partial charge in [-0.15, -0.1) is 0 Å². The van der Waals surface area contributed by atoms with Crippen LogP contribution in [0.25, 0.3) is 0 Å². The van der Waals surface area contributed by atoms with Gasteiger partial charge in [0.05, 0.1) is 6.61 Å². The number of rotatable bonds is 8. The Labute approximate surface area is 103 Å². The van der Waals surface area contributed by atoms with E-state index in [9.17, 15) is 0 Å². The number of nitrogens with zero attached hydrogens (tertiary/aromatic N) is 2. The van der Waals surface area contributed by atoms with Crippen molar-refractivity contribution >= 4 is 11.6 Å². The highest BCUT2D eigenvalue weighted by atomic mass is 16.5. The number of aromatic nitrogens is 2. The molecule has 0 fully saturated rings. The quantitative estimate of drug-likeness (QED) is 0.725. The summed E-state index contributed by atoms with van der Waals surface area (Å²) in [6.07, 6.45) is 2.65. The van der Waals surface area contributed by atoms with Crippen LogP contribution in [0.15, 0.2) is 12.4 Å². The Bertz CT molecular complexity index is 319. The Morgan fingerprint density at radius 2 is 2.00 bits per heavy atom. The highest BCUT2D eigenvalue weighted by molar-refractivity contribution is 5.46. The summed E-state index contributed by atoms with van der Waals surface area (Å²) in [4.78, 5) is 8.33. The Morgan fingerprint density at radius 1 is 1.29 bits per heavy atom. The molecule has 0 spiro atoms. The van der Waals surface area contributed by atoms with E-state index in [1.807, 2.05) is 6.07 Å². The summed E-state index contributed by atoms with van der Waals surface area (Å²) in [5, 5.41) is 6.51. The lowest BCUT2D eigenvalue weighted by Gasteiger charge is -2.12. The van der Waals surface area contributed by atoms with Crippen molar-refractivity contribution < 1.29 is 4.74 Å². The predicted octanol–water partition coefficient (Wildman–Crippen LogP) is 1.99. The number of ether oxygens (including phenoxy) is 1. The van der Waals surface area contributed by atoms with Gasteiger partial charge in [0.15, 0.2) is 0 Å². The molecule has 2 N–H and O–H groups in total. The average molecular weight is 238 g/mol. The van der Waals surface area contributed by atoms with Crippen molar-refractivity contribution in [3.63, 3.8) is 0 Å². The van der Waals surface area contributed by atoms with Crippen LogP contribution in [0.4, 0.5) is 11.6 Å². The maximum atomic E-state index is 5.08. The molecule has 0 amide bonds. The maximum Gasteiger partial charge on any atom is 0.131 e. The van der Waals surface area contributed by atoms with Gasteiger partial charge >= 0.3 is 0 Å². The van der Waals surface area contributed by atoms with E-state index in [4.69, 9.17) is 4.74 Å². The average Bonchev–Trinajstić information content (AvgIpc) is 2.35. The molecule has 0 saturated carbocycles. The molecular formula is C12H22N4O. The maximum absolute atomic E-state index is 5.08. The first kappa shape index (κ1) is 13.7. The second-order valence-corrected chi connectivity index (χ2v) is 4.16. The van der Waals surface area contributed by atoms with Crippen LogP contribution in [0.5, 0.6) is 0 Å².